The van der Waals surface area contributed by atoms with E-state index in [9.17, 15) is 13.2 Å². The Bertz CT molecular complexity index is 1180. The van der Waals surface area contributed by atoms with E-state index in [0.29, 0.717) is 14.6 Å². The smallest absolute Gasteiger partial charge is 0.208 e. The SMILES string of the molecule is C.CSc1sc(C(=N)N)cc1S(=O)(=O)c1cccc(-c2cc(C=O)ccc2C)c1. The summed E-state index contributed by atoms with van der Waals surface area (Å²) in [5.74, 6) is -0.156. The van der Waals surface area contributed by atoms with Gasteiger partial charge in [0.05, 0.1) is 18.9 Å². The van der Waals surface area contributed by atoms with Crippen LogP contribution in [0.4, 0.5) is 0 Å². The van der Waals surface area contributed by atoms with Crippen molar-refractivity contribution in [2.45, 2.75) is 28.4 Å². The third-order valence-electron chi connectivity index (χ3n) is 4.26. The average Bonchev–Trinajstić information content (AvgIpc) is 3.14. The molecule has 0 saturated carbocycles. The number of nitrogen functional groups attached to an aromatic ring is 1. The van der Waals surface area contributed by atoms with Crippen molar-refractivity contribution in [2.24, 2.45) is 5.73 Å². The maximum Gasteiger partial charge on any atom is 0.208 e. The van der Waals surface area contributed by atoms with Crippen LogP contribution in [0.15, 0.2) is 62.5 Å². The number of hydrogen-bond acceptors (Lipinski definition) is 6. The highest BCUT2D eigenvalue weighted by Gasteiger charge is 2.25. The quantitative estimate of drug-likeness (QED) is 0.240. The summed E-state index contributed by atoms with van der Waals surface area (Å²) in [6.45, 7) is 1.91. The number of rotatable bonds is 6. The molecule has 0 aliphatic rings. The first-order valence-corrected chi connectivity index (χ1v) is 11.7. The van der Waals surface area contributed by atoms with Crippen molar-refractivity contribution in [2.75, 3.05) is 6.26 Å². The molecule has 8 heteroatoms. The van der Waals surface area contributed by atoms with Crippen LogP contribution in [0.5, 0.6) is 0 Å². The number of nitrogens with one attached hydrogen (secondary N) is 1. The van der Waals surface area contributed by atoms with Crippen LogP contribution in [0.25, 0.3) is 11.1 Å². The third kappa shape index (κ3) is 4.44. The van der Waals surface area contributed by atoms with Gasteiger partial charge in [-0.05, 0) is 54.1 Å². The molecule has 0 radical (unpaired) electrons. The van der Waals surface area contributed by atoms with Crippen molar-refractivity contribution < 1.29 is 13.2 Å². The zero-order valence-corrected chi connectivity index (χ0v) is 17.7. The van der Waals surface area contributed by atoms with Gasteiger partial charge < -0.3 is 5.73 Å². The standard InChI is InChI=1S/C20H18N2O3S3.CH4/c1-12-6-7-13(11-23)8-16(12)14-4-3-5-15(9-14)28(24,25)18-10-17(19(21)22)27-20(18)26-2;/h3-11H,1-2H3,(H3,21,22);1H4. The number of thiophene rings is 1. The summed E-state index contributed by atoms with van der Waals surface area (Å²) in [6.07, 6.45) is 2.56. The minimum absolute atomic E-state index is 0. The van der Waals surface area contributed by atoms with Crippen LogP contribution in [-0.4, -0.2) is 26.8 Å². The van der Waals surface area contributed by atoms with Crippen molar-refractivity contribution in [3.63, 3.8) is 0 Å². The largest absolute Gasteiger partial charge is 0.383 e. The summed E-state index contributed by atoms with van der Waals surface area (Å²) in [4.78, 5) is 11.9. The van der Waals surface area contributed by atoms with Gasteiger partial charge in [0.25, 0.3) is 0 Å². The molecule has 29 heavy (non-hydrogen) atoms. The summed E-state index contributed by atoms with van der Waals surface area (Å²) in [6, 6.07) is 13.4. The zero-order chi connectivity index (χ0) is 20.5. The van der Waals surface area contributed by atoms with Crippen molar-refractivity contribution in [3.05, 3.63) is 64.5 Å². The predicted molar refractivity (Wildman–Crippen MR) is 121 cm³/mol. The molecule has 0 aliphatic carbocycles. The normalized spacial score (nSPS) is 11.0. The second kappa shape index (κ2) is 8.94. The first kappa shape index (κ1) is 22.9. The minimum Gasteiger partial charge on any atom is -0.383 e. The summed E-state index contributed by atoms with van der Waals surface area (Å²) < 4.78 is 27.1. The van der Waals surface area contributed by atoms with Gasteiger partial charge in [-0.1, -0.05) is 31.7 Å². The molecule has 0 bridgehead atoms. The number of amidine groups is 1. The number of aldehydes is 1. The molecule has 1 aromatic heterocycles. The van der Waals surface area contributed by atoms with Crippen molar-refractivity contribution in [1.82, 2.24) is 0 Å². The number of carbonyl (C=O) groups is 1. The molecular weight excluding hydrogens is 424 g/mol. The van der Waals surface area contributed by atoms with Crippen molar-refractivity contribution >= 4 is 45.1 Å². The van der Waals surface area contributed by atoms with Gasteiger partial charge in [-0.3, -0.25) is 10.2 Å². The molecule has 1 heterocycles. The highest BCUT2D eigenvalue weighted by molar-refractivity contribution is 8.01. The van der Waals surface area contributed by atoms with Crippen LogP contribution >= 0.6 is 23.1 Å². The molecule has 3 N–H and O–H groups in total. The number of hydrogen-bond donors (Lipinski definition) is 2. The highest BCUT2D eigenvalue weighted by Crippen LogP contribution is 2.37. The lowest BCUT2D eigenvalue weighted by molar-refractivity contribution is 0.112. The summed E-state index contributed by atoms with van der Waals surface area (Å²) in [5.41, 5.74) is 8.54. The van der Waals surface area contributed by atoms with Gasteiger partial charge in [-0.15, -0.1) is 23.1 Å². The molecule has 0 fully saturated rings. The van der Waals surface area contributed by atoms with Gasteiger partial charge in [-0.25, -0.2) is 8.42 Å². The van der Waals surface area contributed by atoms with E-state index in [1.807, 2.05) is 19.1 Å². The second-order valence-electron chi connectivity index (χ2n) is 6.10. The minimum atomic E-state index is -3.79. The van der Waals surface area contributed by atoms with E-state index in [4.69, 9.17) is 11.1 Å². The summed E-state index contributed by atoms with van der Waals surface area (Å²) in [5, 5.41) is 7.59. The van der Waals surface area contributed by atoms with Crippen LogP contribution < -0.4 is 5.73 Å². The number of benzene rings is 2. The van der Waals surface area contributed by atoms with Crippen LogP contribution in [0, 0.1) is 12.3 Å². The van der Waals surface area contributed by atoms with E-state index in [0.717, 1.165) is 23.0 Å². The van der Waals surface area contributed by atoms with Crippen LogP contribution in [0.1, 0.15) is 28.2 Å². The lowest BCUT2D eigenvalue weighted by Gasteiger charge is -2.10. The first-order valence-electron chi connectivity index (χ1n) is 8.21. The number of carbonyl (C=O) groups excluding carboxylic acids is 1. The van der Waals surface area contributed by atoms with Crippen molar-refractivity contribution in [1.29, 1.82) is 5.41 Å². The number of thioether (sulfide) groups is 1. The van der Waals surface area contributed by atoms with Gasteiger partial charge in [0.2, 0.25) is 9.84 Å². The first-order chi connectivity index (χ1) is 13.3. The molecule has 0 aliphatic heterocycles. The molecule has 5 nitrogen and oxygen atoms in total. The van der Waals surface area contributed by atoms with Gasteiger partial charge >= 0.3 is 0 Å². The fourth-order valence-electron chi connectivity index (χ4n) is 2.80. The van der Waals surface area contributed by atoms with E-state index in [2.05, 4.69) is 0 Å². The van der Waals surface area contributed by atoms with Gasteiger partial charge in [0.15, 0.2) is 0 Å². The Balaban J connectivity index is 0.00000300. The molecule has 0 saturated heterocycles. The molecule has 2 aromatic carbocycles. The van der Waals surface area contributed by atoms with E-state index in [1.165, 1.54) is 29.2 Å². The summed E-state index contributed by atoms with van der Waals surface area (Å²) in [7, 11) is -3.79. The van der Waals surface area contributed by atoms with E-state index in [-0.39, 0.29) is 23.1 Å². The van der Waals surface area contributed by atoms with Gasteiger partial charge in [-0.2, -0.15) is 0 Å². The Morgan fingerprint density at radius 3 is 2.52 bits per heavy atom. The Kier molecular flexibility index (Phi) is 7.05. The molecule has 0 amide bonds. The van der Waals surface area contributed by atoms with Gasteiger partial charge in [0, 0.05) is 5.56 Å². The van der Waals surface area contributed by atoms with Crippen LogP contribution in [-0.2, 0) is 9.84 Å². The number of nitrogens with two attached hydrogens (primary N) is 1. The molecule has 152 valence electrons. The zero-order valence-electron chi connectivity index (χ0n) is 15.2. The lowest BCUT2D eigenvalue weighted by atomic mass is 9.98. The monoisotopic (exact) mass is 446 g/mol. The molecule has 3 aromatic rings. The van der Waals surface area contributed by atoms with Crippen LogP contribution in [0.3, 0.4) is 0 Å². The second-order valence-corrected chi connectivity index (χ2v) is 10.1. The number of sulfone groups is 1. The Hall–Kier alpha value is -2.42. The van der Waals surface area contributed by atoms with Crippen molar-refractivity contribution in [3.8, 4) is 11.1 Å². The van der Waals surface area contributed by atoms with E-state index < -0.39 is 9.84 Å². The molecular formula is C21H22N2O3S3. The topological polar surface area (TPSA) is 101 Å². The predicted octanol–water partition coefficient (Wildman–Crippen LogP) is 5.01. The molecule has 0 unspecified atom stereocenters. The Morgan fingerprint density at radius 2 is 1.90 bits per heavy atom. The molecule has 3 rings (SSSR count). The Labute approximate surface area is 179 Å². The third-order valence-corrected chi connectivity index (χ3v) is 8.60. The van der Waals surface area contributed by atoms with E-state index in [1.54, 1.807) is 36.6 Å². The number of aryl methyl sites for hydroxylation is 1. The fourth-order valence-corrected chi connectivity index (χ4v) is 6.70. The lowest BCUT2D eigenvalue weighted by Crippen LogP contribution is -2.08. The average molecular weight is 447 g/mol. The maximum atomic E-state index is 13.3. The Morgan fingerprint density at radius 1 is 1.17 bits per heavy atom. The maximum absolute atomic E-state index is 13.3. The summed E-state index contributed by atoms with van der Waals surface area (Å²) >= 11 is 2.50. The highest BCUT2D eigenvalue weighted by atomic mass is 32.2. The van der Waals surface area contributed by atoms with Crippen LogP contribution in [0.2, 0.25) is 0 Å². The van der Waals surface area contributed by atoms with Gasteiger partial charge in [0.1, 0.15) is 12.1 Å². The molecule has 0 spiro atoms. The van der Waals surface area contributed by atoms with E-state index >= 15 is 0 Å². The molecule has 0 atom stereocenters. The fraction of sp³-hybridized carbons (Fsp3) is 0.143.